The fourth-order valence-corrected chi connectivity index (χ4v) is 4.51. The van der Waals surface area contributed by atoms with Crippen molar-refractivity contribution in [3.8, 4) is 0 Å². The number of aromatic nitrogens is 3. The summed E-state index contributed by atoms with van der Waals surface area (Å²) in [5.41, 5.74) is 1.34. The van der Waals surface area contributed by atoms with Crippen LogP contribution in [0.5, 0.6) is 0 Å². The van der Waals surface area contributed by atoms with E-state index in [1.165, 1.54) is 30.4 Å². The molecular formula is C19H25N5O3S2. The summed E-state index contributed by atoms with van der Waals surface area (Å²) in [7, 11) is 0. The number of thioether (sulfide) groups is 2. The first-order valence-corrected chi connectivity index (χ1v) is 11.6. The molecule has 3 rings (SSSR count). The average Bonchev–Trinajstić information content (AvgIpc) is 3.15. The first-order chi connectivity index (χ1) is 14.0. The van der Waals surface area contributed by atoms with Crippen molar-refractivity contribution in [1.29, 1.82) is 0 Å². The summed E-state index contributed by atoms with van der Waals surface area (Å²) in [6.07, 6.45) is 1.92. The van der Waals surface area contributed by atoms with Crippen molar-refractivity contribution in [2.45, 2.75) is 30.4 Å². The van der Waals surface area contributed by atoms with Crippen LogP contribution in [0.25, 0.3) is 0 Å². The van der Waals surface area contributed by atoms with Crippen molar-refractivity contribution in [2.24, 2.45) is 0 Å². The smallest absolute Gasteiger partial charge is 0.228 e. The van der Waals surface area contributed by atoms with Crippen LogP contribution in [0.4, 0.5) is 11.6 Å². The second kappa shape index (κ2) is 10.1. The molecule has 1 fully saturated rings. The predicted molar refractivity (Wildman–Crippen MR) is 116 cm³/mol. The Hall–Kier alpha value is -2.04. The van der Waals surface area contributed by atoms with Crippen LogP contribution in [0.3, 0.4) is 0 Å². The van der Waals surface area contributed by atoms with Crippen molar-refractivity contribution < 1.29 is 14.3 Å². The summed E-state index contributed by atoms with van der Waals surface area (Å²) < 4.78 is 7.44. The number of ether oxygens (including phenoxy) is 1. The SMILES string of the molecule is CCn1c(SCC(=O)c2ccc(NC(C)=O)c(SC)c2)nnc1N1CCOCC1. The van der Waals surface area contributed by atoms with Gasteiger partial charge in [-0.15, -0.1) is 22.0 Å². The Morgan fingerprint density at radius 3 is 2.66 bits per heavy atom. The van der Waals surface area contributed by atoms with Gasteiger partial charge < -0.3 is 15.0 Å². The van der Waals surface area contributed by atoms with Crippen LogP contribution in [-0.4, -0.2) is 64.8 Å². The van der Waals surface area contributed by atoms with Crippen LogP contribution in [0.1, 0.15) is 24.2 Å². The standard InChI is InChI=1S/C19H25N5O3S2/c1-4-24-18(23-7-9-27-10-8-23)21-22-19(24)29-12-16(26)14-5-6-15(20-13(2)25)17(11-14)28-3/h5-6,11H,4,7-10,12H2,1-3H3,(H,20,25). The third kappa shape index (κ3) is 5.31. The molecule has 0 bridgehead atoms. The van der Waals surface area contributed by atoms with E-state index in [0.29, 0.717) is 18.8 Å². The van der Waals surface area contributed by atoms with Crippen molar-refractivity contribution in [1.82, 2.24) is 14.8 Å². The van der Waals surface area contributed by atoms with Gasteiger partial charge in [0.25, 0.3) is 0 Å². The Morgan fingerprint density at radius 2 is 2.00 bits per heavy atom. The molecule has 1 aliphatic rings. The second-order valence-corrected chi connectivity index (χ2v) is 8.22. The maximum atomic E-state index is 12.7. The van der Waals surface area contributed by atoms with Crippen LogP contribution in [0.15, 0.2) is 28.3 Å². The highest BCUT2D eigenvalue weighted by molar-refractivity contribution is 7.99. The summed E-state index contributed by atoms with van der Waals surface area (Å²) >= 11 is 2.89. The van der Waals surface area contributed by atoms with E-state index < -0.39 is 0 Å². The molecule has 0 atom stereocenters. The van der Waals surface area contributed by atoms with Gasteiger partial charge in [0, 0.05) is 37.0 Å². The zero-order valence-corrected chi connectivity index (χ0v) is 18.4. The zero-order valence-electron chi connectivity index (χ0n) is 16.8. The fourth-order valence-electron chi connectivity index (χ4n) is 3.03. The molecule has 1 aliphatic heterocycles. The van der Waals surface area contributed by atoms with E-state index in [9.17, 15) is 9.59 Å². The molecule has 10 heteroatoms. The number of rotatable bonds is 8. The van der Waals surface area contributed by atoms with Gasteiger partial charge in [0.05, 0.1) is 24.7 Å². The molecule has 1 amide bonds. The number of nitrogens with zero attached hydrogens (tertiary/aromatic N) is 4. The Bertz CT molecular complexity index is 881. The molecule has 1 saturated heterocycles. The van der Waals surface area contributed by atoms with E-state index in [4.69, 9.17) is 4.74 Å². The average molecular weight is 436 g/mol. The number of carbonyl (C=O) groups is 2. The van der Waals surface area contributed by atoms with Crippen molar-refractivity contribution in [3.05, 3.63) is 23.8 Å². The monoisotopic (exact) mass is 435 g/mol. The fraction of sp³-hybridized carbons (Fsp3) is 0.474. The van der Waals surface area contributed by atoms with Gasteiger partial charge in [-0.3, -0.25) is 14.2 Å². The number of ketones is 1. The molecule has 1 aromatic carbocycles. The summed E-state index contributed by atoms with van der Waals surface area (Å²) in [6, 6.07) is 5.34. The molecule has 1 aromatic heterocycles. The highest BCUT2D eigenvalue weighted by atomic mass is 32.2. The molecule has 2 heterocycles. The number of morpholine rings is 1. The van der Waals surface area contributed by atoms with E-state index in [1.54, 1.807) is 12.1 Å². The van der Waals surface area contributed by atoms with Crippen molar-refractivity contribution in [2.75, 3.05) is 48.5 Å². The van der Waals surface area contributed by atoms with Crippen LogP contribution in [0, 0.1) is 0 Å². The number of Topliss-reactive ketones (excluding diaryl/α,β-unsaturated/α-hetero) is 1. The number of carbonyl (C=O) groups excluding carboxylic acids is 2. The molecule has 2 aromatic rings. The van der Waals surface area contributed by atoms with Crippen LogP contribution in [-0.2, 0) is 16.1 Å². The minimum Gasteiger partial charge on any atom is -0.378 e. The number of amides is 1. The Labute approximate surface area is 178 Å². The number of anilines is 2. The lowest BCUT2D eigenvalue weighted by Gasteiger charge is -2.27. The number of hydrogen-bond donors (Lipinski definition) is 1. The van der Waals surface area contributed by atoms with Gasteiger partial charge >= 0.3 is 0 Å². The maximum Gasteiger partial charge on any atom is 0.228 e. The molecular weight excluding hydrogens is 410 g/mol. The van der Waals surface area contributed by atoms with Crippen molar-refractivity contribution in [3.63, 3.8) is 0 Å². The zero-order chi connectivity index (χ0) is 20.8. The lowest BCUT2D eigenvalue weighted by atomic mass is 10.1. The molecule has 0 radical (unpaired) electrons. The van der Waals surface area contributed by atoms with Crippen LogP contribution >= 0.6 is 23.5 Å². The molecule has 0 unspecified atom stereocenters. The topological polar surface area (TPSA) is 89.3 Å². The predicted octanol–water partition coefficient (Wildman–Crippen LogP) is 2.79. The third-order valence-corrected chi connectivity index (χ3v) is 6.22. The quantitative estimate of drug-likeness (QED) is 0.500. The van der Waals surface area contributed by atoms with Gasteiger partial charge in [-0.1, -0.05) is 11.8 Å². The molecule has 29 heavy (non-hydrogen) atoms. The largest absolute Gasteiger partial charge is 0.378 e. The molecule has 0 saturated carbocycles. The number of benzene rings is 1. The first-order valence-electron chi connectivity index (χ1n) is 9.41. The van der Waals surface area contributed by atoms with Gasteiger partial charge in [0.15, 0.2) is 10.9 Å². The summed E-state index contributed by atoms with van der Waals surface area (Å²) in [4.78, 5) is 27.1. The molecule has 156 valence electrons. The van der Waals surface area contributed by atoms with Gasteiger partial charge in [-0.25, -0.2) is 0 Å². The Kier molecular flexibility index (Phi) is 7.57. The molecule has 8 nitrogen and oxygen atoms in total. The van der Waals surface area contributed by atoms with E-state index in [1.807, 2.05) is 23.8 Å². The lowest BCUT2D eigenvalue weighted by Crippen LogP contribution is -2.38. The molecule has 1 N–H and O–H groups in total. The molecule has 0 aliphatic carbocycles. The maximum absolute atomic E-state index is 12.7. The van der Waals surface area contributed by atoms with Crippen LogP contribution in [0.2, 0.25) is 0 Å². The highest BCUT2D eigenvalue weighted by Gasteiger charge is 2.20. The van der Waals surface area contributed by atoms with Gasteiger partial charge in [0.2, 0.25) is 11.9 Å². The minimum atomic E-state index is -0.134. The summed E-state index contributed by atoms with van der Waals surface area (Å²) in [6.45, 7) is 7.20. The van der Waals surface area contributed by atoms with Gasteiger partial charge in [-0.2, -0.15) is 0 Å². The highest BCUT2D eigenvalue weighted by Crippen LogP contribution is 2.28. The summed E-state index contributed by atoms with van der Waals surface area (Å²) in [5, 5.41) is 12.2. The van der Waals surface area contributed by atoms with E-state index in [0.717, 1.165) is 41.3 Å². The number of nitrogens with one attached hydrogen (secondary N) is 1. The number of hydrogen-bond acceptors (Lipinski definition) is 8. The second-order valence-electron chi connectivity index (χ2n) is 6.43. The third-order valence-electron chi connectivity index (χ3n) is 4.47. The van der Waals surface area contributed by atoms with E-state index >= 15 is 0 Å². The van der Waals surface area contributed by atoms with E-state index in [2.05, 4.69) is 20.4 Å². The summed E-state index contributed by atoms with van der Waals surface area (Å²) in [5.74, 6) is 0.979. The Morgan fingerprint density at radius 1 is 1.24 bits per heavy atom. The van der Waals surface area contributed by atoms with Crippen molar-refractivity contribution >= 4 is 46.8 Å². The minimum absolute atomic E-state index is 0.0123. The van der Waals surface area contributed by atoms with Gasteiger partial charge in [-0.05, 0) is 31.4 Å². The lowest BCUT2D eigenvalue weighted by molar-refractivity contribution is -0.114. The van der Waals surface area contributed by atoms with E-state index in [-0.39, 0.29) is 17.4 Å². The molecule has 0 spiro atoms. The van der Waals surface area contributed by atoms with Gasteiger partial charge in [0.1, 0.15) is 0 Å². The first kappa shape index (κ1) is 21.7. The Balaban J connectivity index is 1.69. The normalized spacial score (nSPS) is 14.1. The van der Waals surface area contributed by atoms with Crippen LogP contribution < -0.4 is 10.2 Å².